The summed E-state index contributed by atoms with van der Waals surface area (Å²) < 4.78 is 5.58. The minimum absolute atomic E-state index is 0.136. The predicted molar refractivity (Wildman–Crippen MR) is 117 cm³/mol. The van der Waals surface area contributed by atoms with E-state index in [1.165, 1.54) is 4.88 Å². The Bertz CT molecular complexity index is 884. The minimum Gasteiger partial charge on any atom is -0.381 e. The predicted octanol–water partition coefficient (Wildman–Crippen LogP) is 3.27. The number of rotatable bonds is 4. The van der Waals surface area contributed by atoms with Gasteiger partial charge in [-0.2, -0.15) is 0 Å². The van der Waals surface area contributed by atoms with Crippen LogP contribution in [0.5, 0.6) is 0 Å². The molecule has 0 N–H and O–H groups in total. The number of thiophene rings is 1. The molecular weight excluding hydrogens is 396 g/mol. The van der Waals surface area contributed by atoms with Gasteiger partial charge >= 0.3 is 0 Å². The van der Waals surface area contributed by atoms with Crippen molar-refractivity contribution >= 4 is 23.2 Å². The second-order valence-corrected chi connectivity index (χ2v) is 9.62. The van der Waals surface area contributed by atoms with Crippen LogP contribution in [-0.4, -0.2) is 61.0 Å². The van der Waals surface area contributed by atoms with Gasteiger partial charge in [-0.1, -0.05) is 36.4 Å². The SMILES string of the molecule is O=C([C@H]1C[C@@H]1c1cccs1)N1CCN(C(=O)C2(c3ccccc3)CCOCC2)CC1. The largest absolute Gasteiger partial charge is 0.381 e. The molecule has 6 heteroatoms. The van der Waals surface area contributed by atoms with Crippen LogP contribution in [0.25, 0.3) is 0 Å². The molecule has 0 unspecified atom stereocenters. The summed E-state index contributed by atoms with van der Waals surface area (Å²) in [6.45, 7) is 3.75. The van der Waals surface area contributed by atoms with E-state index in [0.717, 1.165) is 24.8 Å². The molecule has 1 aliphatic carbocycles. The monoisotopic (exact) mass is 424 g/mol. The average molecular weight is 425 g/mol. The van der Waals surface area contributed by atoms with Gasteiger partial charge in [-0.05, 0) is 36.3 Å². The molecule has 3 heterocycles. The Hall–Kier alpha value is -2.18. The molecule has 158 valence electrons. The molecule has 1 aromatic carbocycles. The molecule has 3 aliphatic rings. The first-order valence-corrected chi connectivity index (χ1v) is 11.8. The summed E-state index contributed by atoms with van der Waals surface area (Å²) in [7, 11) is 0. The first kappa shape index (κ1) is 19.8. The van der Waals surface area contributed by atoms with Gasteiger partial charge in [0.15, 0.2) is 0 Å². The molecule has 2 aliphatic heterocycles. The zero-order valence-electron chi connectivity index (χ0n) is 17.2. The van der Waals surface area contributed by atoms with Crippen molar-refractivity contribution in [2.45, 2.75) is 30.6 Å². The first-order valence-electron chi connectivity index (χ1n) is 10.9. The summed E-state index contributed by atoms with van der Waals surface area (Å²) in [4.78, 5) is 31.9. The molecule has 1 aromatic heterocycles. The fraction of sp³-hybridized carbons (Fsp3) is 0.500. The number of hydrogen-bond acceptors (Lipinski definition) is 4. The topological polar surface area (TPSA) is 49.9 Å². The van der Waals surface area contributed by atoms with Gasteiger partial charge in [0, 0.05) is 56.1 Å². The van der Waals surface area contributed by atoms with Gasteiger partial charge < -0.3 is 14.5 Å². The van der Waals surface area contributed by atoms with Crippen LogP contribution in [0, 0.1) is 5.92 Å². The highest BCUT2D eigenvalue weighted by molar-refractivity contribution is 7.10. The number of benzene rings is 1. The Morgan fingerprint density at radius 3 is 2.30 bits per heavy atom. The molecule has 5 rings (SSSR count). The standard InChI is InChI=1S/C24H28N2O3S/c27-22(20-17-19(20)21-7-4-16-30-21)25-10-12-26(13-11-25)23(28)24(8-14-29-15-9-24)18-5-2-1-3-6-18/h1-7,16,19-20H,8-15,17H2/t19-,20-/m0/s1. The van der Waals surface area contributed by atoms with Crippen LogP contribution in [0.2, 0.25) is 0 Å². The smallest absolute Gasteiger partial charge is 0.233 e. The lowest BCUT2D eigenvalue weighted by Gasteiger charge is -2.43. The van der Waals surface area contributed by atoms with E-state index in [1.54, 1.807) is 11.3 Å². The summed E-state index contributed by atoms with van der Waals surface area (Å²) in [5.41, 5.74) is 0.598. The van der Waals surface area contributed by atoms with Gasteiger partial charge in [-0.3, -0.25) is 9.59 Å². The maximum Gasteiger partial charge on any atom is 0.233 e. The molecule has 0 bridgehead atoms. The lowest BCUT2D eigenvalue weighted by molar-refractivity contribution is -0.146. The van der Waals surface area contributed by atoms with Crippen LogP contribution >= 0.6 is 11.3 Å². The van der Waals surface area contributed by atoms with Crippen molar-refractivity contribution in [3.05, 3.63) is 58.3 Å². The van der Waals surface area contributed by atoms with Crippen molar-refractivity contribution in [1.82, 2.24) is 9.80 Å². The molecule has 2 aromatic rings. The van der Waals surface area contributed by atoms with Crippen molar-refractivity contribution in [2.75, 3.05) is 39.4 Å². The highest BCUT2D eigenvalue weighted by atomic mass is 32.1. The summed E-state index contributed by atoms with van der Waals surface area (Å²) in [6, 6.07) is 14.3. The fourth-order valence-electron chi connectivity index (χ4n) is 5.05. The van der Waals surface area contributed by atoms with E-state index in [2.05, 4.69) is 29.6 Å². The lowest BCUT2D eigenvalue weighted by Crippen LogP contribution is -2.57. The number of carbonyl (C=O) groups is 2. The van der Waals surface area contributed by atoms with Gasteiger partial charge in [0.2, 0.25) is 11.8 Å². The van der Waals surface area contributed by atoms with E-state index in [-0.39, 0.29) is 17.7 Å². The summed E-state index contributed by atoms with van der Waals surface area (Å²) >= 11 is 1.75. The van der Waals surface area contributed by atoms with Crippen LogP contribution in [0.3, 0.4) is 0 Å². The van der Waals surface area contributed by atoms with Gasteiger partial charge in [-0.15, -0.1) is 11.3 Å². The van der Waals surface area contributed by atoms with E-state index < -0.39 is 5.41 Å². The van der Waals surface area contributed by atoms with Crippen molar-refractivity contribution < 1.29 is 14.3 Å². The van der Waals surface area contributed by atoms with E-state index in [0.29, 0.717) is 45.3 Å². The summed E-state index contributed by atoms with van der Waals surface area (Å²) in [6.07, 6.45) is 2.41. The highest BCUT2D eigenvalue weighted by Gasteiger charge is 2.48. The van der Waals surface area contributed by atoms with Crippen molar-refractivity contribution in [3.63, 3.8) is 0 Å². The molecular formula is C24H28N2O3S. The Labute approximate surface area is 181 Å². The molecule has 3 fully saturated rings. The lowest BCUT2D eigenvalue weighted by atomic mass is 9.73. The molecule has 0 spiro atoms. The van der Waals surface area contributed by atoms with Crippen LogP contribution in [0.1, 0.15) is 35.6 Å². The van der Waals surface area contributed by atoms with Crippen molar-refractivity contribution in [3.8, 4) is 0 Å². The van der Waals surface area contributed by atoms with Gasteiger partial charge in [0.05, 0.1) is 5.41 Å². The highest BCUT2D eigenvalue weighted by Crippen LogP contribution is 2.50. The molecule has 30 heavy (non-hydrogen) atoms. The third-order valence-electron chi connectivity index (χ3n) is 6.98. The average Bonchev–Trinajstić information content (AvgIpc) is 3.43. The molecule has 5 nitrogen and oxygen atoms in total. The summed E-state index contributed by atoms with van der Waals surface area (Å²) in [5, 5.41) is 2.08. The Balaban J connectivity index is 1.23. The molecule has 1 saturated carbocycles. The van der Waals surface area contributed by atoms with Crippen LogP contribution in [0.4, 0.5) is 0 Å². The minimum atomic E-state index is -0.494. The Morgan fingerprint density at radius 1 is 0.933 bits per heavy atom. The van der Waals surface area contributed by atoms with E-state index in [4.69, 9.17) is 4.74 Å². The second kappa shape index (κ2) is 8.16. The van der Waals surface area contributed by atoms with Crippen LogP contribution < -0.4 is 0 Å². The van der Waals surface area contributed by atoms with Gasteiger partial charge in [-0.25, -0.2) is 0 Å². The zero-order valence-corrected chi connectivity index (χ0v) is 18.0. The normalized spacial score (nSPS) is 25.7. The Kier molecular flexibility index (Phi) is 5.37. The number of piperazine rings is 1. The number of hydrogen-bond donors (Lipinski definition) is 0. The summed E-state index contributed by atoms with van der Waals surface area (Å²) in [5.74, 6) is 1.01. The number of amides is 2. The van der Waals surface area contributed by atoms with E-state index in [1.807, 2.05) is 28.0 Å². The second-order valence-electron chi connectivity index (χ2n) is 8.64. The zero-order chi connectivity index (χ0) is 20.6. The molecule has 0 radical (unpaired) electrons. The van der Waals surface area contributed by atoms with E-state index >= 15 is 0 Å². The third kappa shape index (κ3) is 3.56. The molecule has 2 atom stereocenters. The van der Waals surface area contributed by atoms with Crippen molar-refractivity contribution in [2.24, 2.45) is 5.92 Å². The molecule has 2 amide bonds. The first-order chi connectivity index (χ1) is 14.7. The van der Waals surface area contributed by atoms with Gasteiger partial charge in [0.1, 0.15) is 0 Å². The number of carbonyl (C=O) groups excluding carboxylic acids is 2. The van der Waals surface area contributed by atoms with Crippen LogP contribution in [-0.2, 0) is 19.7 Å². The maximum absolute atomic E-state index is 13.7. The molecule has 2 saturated heterocycles. The Morgan fingerprint density at radius 2 is 1.63 bits per heavy atom. The quantitative estimate of drug-likeness (QED) is 0.757. The van der Waals surface area contributed by atoms with Gasteiger partial charge in [0.25, 0.3) is 0 Å². The maximum atomic E-state index is 13.7. The third-order valence-corrected chi connectivity index (χ3v) is 7.98. The number of ether oxygens (including phenoxy) is 1. The number of nitrogens with zero attached hydrogens (tertiary/aromatic N) is 2. The fourth-order valence-corrected chi connectivity index (χ4v) is 5.96. The van der Waals surface area contributed by atoms with E-state index in [9.17, 15) is 9.59 Å². The van der Waals surface area contributed by atoms with Crippen molar-refractivity contribution in [1.29, 1.82) is 0 Å². The van der Waals surface area contributed by atoms with Crippen LogP contribution in [0.15, 0.2) is 47.8 Å².